The van der Waals surface area contributed by atoms with Crippen molar-refractivity contribution in [3.63, 3.8) is 0 Å². The summed E-state index contributed by atoms with van der Waals surface area (Å²) in [4.78, 5) is 11.0. The molecule has 92 valence electrons. The predicted molar refractivity (Wildman–Crippen MR) is 58.1 cm³/mol. The van der Waals surface area contributed by atoms with Gasteiger partial charge in [0.25, 0.3) is 0 Å². The minimum Gasteiger partial charge on any atom is -0.460 e. The molecule has 0 spiro atoms. The number of ether oxygens (including phenoxy) is 3. The number of cyclic esters (lactones) is 1. The number of carbonyl (C=O) groups is 1. The van der Waals surface area contributed by atoms with Crippen molar-refractivity contribution in [2.45, 2.75) is 63.9 Å². The van der Waals surface area contributed by atoms with Gasteiger partial charge in [-0.25, -0.2) is 0 Å². The average Bonchev–Trinajstić information content (AvgIpc) is 2.85. The van der Waals surface area contributed by atoms with Crippen molar-refractivity contribution in [3.05, 3.63) is 0 Å². The molecule has 2 fully saturated rings. The lowest BCUT2D eigenvalue weighted by molar-refractivity contribution is -0.148. The van der Waals surface area contributed by atoms with Crippen LogP contribution < -0.4 is 0 Å². The van der Waals surface area contributed by atoms with Crippen LogP contribution in [-0.2, 0) is 19.0 Å². The summed E-state index contributed by atoms with van der Waals surface area (Å²) in [5, 5.41) is 0. The van der Waals surface area contributed by atoms with E-state index in [-0.39, 0.29) is 30.4 Å². The van der Waals surface area contributed by atoms with E-state index >= 15 is 0 Å². The van der Waals surface area contributed by atoms with Crippen molar-refractivity contribution >= 4 is 5.97 Å². The molecule has 0 saturated carbocycles. The fraction of sp³-hybridized carbons (Fsp3) is 0.917. The van der Waals surface area contributed by atoms with Crippen molar-refractivity contribution in [3.8, 4) is 0 Å². The van der Waals surface area contributed by atoms with Gasteiger partial charge in [-0.05, 0) is 33.1 Å². The van der Waals surface area contributed by atoms with Crippen LogP contribution >= 0.6 is 0 Å². The fourth-order valence-electron chi connectivity index (χ4n) is 2.49. The fourth-order valence-corrected chi connectivity index (χ4v) is 2.49. The number of rotatable bonds is 4. The Morgan fingerprint density at radius 3 is 2.81 bits per heavy atom. The van der Waals surface area contributed by atoms with Crippen LogP contribution in [0.15, 0.2) is 0 Å². The third-order valence-corrected chi connectivity index (χ3v) is 3.37. The lowest BCUT2D eigenvalue weighted by Gasteiger charge is -2.22. The zero-order chi connectivity index (χ0) is 11.5. The first kappa shape index (κ1) is 11.9. The van der Waals surface area contributed by atoms with E-state index in [1.807, 2.05) is 13.8 Å². The van der Waals surface area contributed by atoms with Gasteiger partial charge in [-0.2, -0.15) is 0 Å². The van der Waals surface area contributed by atoms with Gasteiger partial charge in [0.2, 0.25) is 0 Å². The SMILES string of the molecule is CCO[C@@H](C)[C@H]1CC[C@H]([C@@H]2CCC(=O)O2)O1. The van der Waals surface area contributed by atoms with E-state index < -0.39 is 0 Å². The molecule has 0 unspecified atom stereocenters. The lowest BCUT2D eigenvalue weighted by atomic mass is 10.1. The predicted octanol–water partition coefficient (Wildman–Crippen LogP) is 1.66. The van der Waals surface area contributed by atoms with Gasteiger partial charge in [0, 0.05) is 13.0 Å². The van der Waals surface area contributed by atoms with Gasteiger partial charge < -0.3 is 14.2 Å². The monoisotopic (exact) mass is 228 g/mol. The molecular weight excluding hydrogens is 208 g/mol. The van der Waals surface area contributed by atoms with Gasteiger partial charge in [0.05, 0.1) is 18.3 Å². The third-order valence-electron chi connectivity index (χ3n) is 3.37. The second-order valence-corrected chi connectivity index (χ2v) is 4.52. The zero-order valence-electron chi connectivity index (χ0n) is 9.98. The smallest absolute Gasteiger partial charge is 0.306 e. The number of hydrogen-bond acceptors (Lipinski definition) is 4. The molecule has 2 aliphatic rings. The van der Waals surface area contributed by atoms with Gasteiger partial charge >= 0.3 is 5.97 Å². The molecule has 4 heteroatoms. The largest absolute Gasteiger partial charge is 0.460 e. The molecule has 0 aromatic heterocycles. The Hall–Kier alpha value is -0.610. The summed E-state index contributed by atoms with van der Waals surface area (Å²) in [5.41, 5.74) is 0. The Morgan fingerprint density at radius 2 is 2.19 bits per heavy atom. The van der Waals surface area contributed by atoms with Gasteiger partial charge in [-0.15, -0.1) is 0 Å². The molecule has 4 nitrogen and oxygen atoms in total. The zero-order valence-corrected chi connectivity index (χ0v) is 9.98. The van der Waals surface area contributed by atoms with Crippen molar-refractivity contribution in [2.24, 2.45) is 0 Å². The van der Waals surface area contributed by atoms with Crippen LogP contribution in [0.25, 0.3) is 0 Å². The maximum Gasteiger partial charge on any atom is 0.306 e. The second-order valence-electron chi connectivity index (χ2n) is 4.52. The molecule has 2 rings (SSSR count). The summed E-state index contributed by atoms with van der Waals surface area (Å²) in [6.07, 6.45) is 3.66. The molecule has 0 aliphatic carbocycles. The minimum absolute atomic E-state index is 0.0219. The van der Waals surface area contributed by atoms with Crippen molar-refractivity contribution < 1.29 is 19.0 Å². The highest BCUT2D eigenvalue weighted by molar-refractivity contribution is 5.71. The average molecular weight is 228 g/mol. The maximum atomic E-state index is 11.0. The van der Waals surface area contributed by atoms with E-state index in [1.165, 1.54) is 0 Å². The molecule has 4 atom stereocenters. The van der Waals surface area contributed by atoms with E-state index in [0.29, 0.717) is 13.0 Å². The minimum atomic E-state index is -0.0880. The van der Waals surface area contributed by atoms with Crippen molar-refractivity contribution in [1.29, 1.82) is 0 Å². The summed E-state index contributed by atoms with van der Waals surface area (Å²) < 4.78 is 16.7. The van der Waals surface area contributed by atoms with Crippen LogP contribution in [0.5, 0.6) is 0 Å². The van der Waals surface area contributed by atoms with E-state index in [9.17, 15) is 4.79 Å². The molecule has 2 aliphatic heterocycles. The number of esters is 1. The standard InChI is InChI=1S/C12H20O4/c1-3-14-8(2)9-4-5-10(15-9)11-6-7-12(13)16-11/h8-11H,3-7H2,1-2H3/t8-,9+,10+,11-/m0/s1. The summed E-state index contributed by atoms with van der Waals surface area (Å²) in [6.45, 7) is 4.74. The highest BCUT2D eigenvalue weighted by Crippen LogP contribution is 2.30. The quantitative estimate of drug-likeness (QED) is 0.686. The van der Waals surface area contributed by atoms with Crippen LogP contribution in [0.2, 0.25) is 0 Å². The van der Waals surface area contributed by atoms with E-state index in [4.69, 9.17) is 14.2 Å². The molecule has 0 N–H and O–H groups in total. The Bertz CT molecular complexity index is 253. The van der Waals surface area contributed by atoms with Crippen LogP contribution in [-0.4, -0.2) is 37.0 Å². The van der Waals surface area contributed by atoms with E-state index in [0.717, 1.165) is 19.3 Å². The van der Waals surface area contributed by atoms with Crippen molar-refractivity contribution in [1.82, 2.24) is 0 Å². The highest BCUT2D eigenvalue weighted by Gasteiger charge is 2.38. The highest BCUT2D eigenvalue weighted by atomic mass is 16.6. The van der Waals surface area contributed by atoms with Gasteiger partial charge in [0.1, 0.15) is 6.10 Å². The normalized spacial score (nSPS) is 36.4. The molecule has 0 aromatic rings. The molecule has 2 saturated heterocycles. The van der Waals surface area contributed by atoms with Gasteiger partial charge in [-0.1, -0.05) is 0 Å². The Morgan fingerprint density at radius 1 is 1.38 bits per heavy atom. The van der Waals surface area contributed by atoms with Crippen LogP contribution in [0.3, 0.4) is 0 Å². The molecule has 0 amide bonds. The Labute approximate surface area is 96.2 Å². The second kappa shape index (κ2) is 5.15. The first-order chi connectivity index (χ1) is 7.70. The molecule has 2 heterocycles. The summed E-state index contributed by atoms with van der Waals surface area (Å²) in [6, 6.07) is 0. The molecule has 0 aromatic carbocycles. The van der Waals surface area contributed by atoms with Crippen LogP contribution in [0, 0.1) is 0 Å². The van der Waals surface area contributed by atoms with Gasteiger partial charge in [0.15, 0.2) is 0 Å². The van der Waals surface area contributed by atoms with E-state index in [1.54, 1.807) is 0 Å². The first-order valence-electron chi connectivity index (χ1n) is 6.17. The topological polar surface area (TPSA) is 44.8 Å². The molecule has 0 bridgehead atoms. The number of carbonyl (C=O) groups excluding carboxylic acids is 1. The molecule has 0 radical (unpaired) electrons. The third kappa shape index (κ3) is 2.55. The molecular formula is C12H20O4. The Balaban J connectivity index is 1.81. The van der Waals surface area contributed by atoms with E-state index in [2.05, 4.69) is 0 Å². The lowest BCUT2D eigenvalue weighted by Crippen LogP contribution is -2.31. The molecule has 16 heavy (non-hydrogen) atoms. The summed E-state index contributed by atoms with van der Waals surface area (Å²) in [5.74, 6) is -0.0880. The van der Waals surface area contributed by atoms with Crippen LogP contribution in [0.1, 0.15) is 39.5 Å². The Kier molecular flexibility index (Phi) is 3.82. The summed E-state index contributed by atoms with van der Waals surface area (Å²) in [7, 11) is 0. The number of hydrogen-bond donors (Lipinski definition) is 0. The summed E-state index contributed by atoms with van der Waals surface area (Å²) >= 11 is 0. The first-order valence-corrected chi connectivity index (χ1v) is 6.17. The van der Waals surface area contributed by atoms with Crippen LogP contribution in [0.4, 0.5) is 0 Å². The van der Waals surface area contributed by atoms with Gasteiger partial charge in [-0.3, -0.25) is 4.79 Å². The maximum absolute atomic E-state index is 11.0. The van der Waals surface area contributed by atoms with Crippen molar-refractivity contribution in [2.75, 3.05) is 6.61 Å².